The third-order valence-electron chi connectivity index (χ3n) is 6.05. The first-order valence-electron chi connectivity index (χ1n) is 10.1. The molecule has 0 radical (unpaired) electrons. The molecule has 0 N–H and O–H groups in total. The molecular weight excluding hydrogens is 358 g/mol. The van der Waals surface area contributed by atoms with E-state index >= 15 is 0 Å². The number of rotatable bonds is 5. The minimum absolute atomic E-state index is 0.0335. The van der Waals surface area contributed by atoms with E-state index < -0.39 is 0 Å². The summed E-state index contributed by atoms with van der Waals surface area (Å²) in [6, 6.07) is -0.288. The van der Waals surface area contributed by atoms with Gasteiger partial charge in [-0.3, -0.25) is 9.59 Å². The molecule has 2 aliphatic rings. The number of aromatic nitrogens is 3. The maximum atomic E-state index is 13.4. The van der Waals surface area contributed by atoms with Gasteiger partial charge in [0.25, 0.3) is 0 Å². The van der Waals surface area contributed by atoms with Crippen molar-refractivity contribution in [1.82, 2.24) is 24.3 Å². The van der Waals surface area contributed by atoms with E-state index in [1.807, 2.05) is 29.5 Å². The molecule has 2 aromatic rings. The zero-order chi connectivity index (χ0) is 19.7. The lowest BCUT2D eigenvalue weighted by atomic mass is 9.93. The van der Waals surface area contributed by atoms with Crippen LogP contribution < -0.4 is 0 Å². The Kier molecular flexibility index (Phi) is 5.19. The van der Waals surface area contributed by atoms with Gasteiger partial charge in [-0.1, -0.05) is 0 Å². The monoisotopic (exact) mass is 385 g/mol. The Morgan fingerprint density at radius 2 is 1.96 bits per heavy atom. The summed E-state index contributed by atoms with van der Waals surface area (Å²) in [4.78, 5) is 38.5. The predicted molar refractivity (Wildman–Crippen MR) is 101 cm³/mol. The SMILES string of the molecule is CCN1C(=O)C[C@H](C(=O)N2CCC(c3ncco3)CC2)[C@H]1c1nccn1CC. The second kappa shape index (κ2) is 7.77. The summed E-state index contributed by atoms with van der Waals surface area (Å²) in [5.41, 5.74) is 0. The number of hydrogen-bond acceptors (Lipinski definition) is 5. The third kappa shape index (κ3) is 3.21. The summed E-state index contributed by atoms with van der Waals surface area (Å²) < 4.78 is 7.45. The lowest BCUT2D eigenvalue weighted by Gasteiger charge is -2.34. The second-order valence-electron chi connectivity index (χ2n) is 7.48. The zero-order valence-electron chi connectivity index (χ0n) is 16.5. The van der Waals surface area contributed by atoms with Crippen molar-refractivity contribution in [2.75, 3.05) is 19.6 Å². The molecule has 0 aromatic carbocycles. The van der Waals surface area contributed by atoms with Crippen molar-refractivity contribution >= 4 is 11.8 Å². The number of piperidine rings is 1. The largest absolute Gasteiger partial charge is 0.449 e. The number of imidazole rings is 1. The number of oxazole rings is 1. The minimum Gasteiger partial charge on any atom is -0.449 e. The summed E-state index contributed by atoms with van der Waals surface area (Å²) in [5, 5.41) is 0. The van der Waals surface area contributed by atoms with Gasteiger partial charge in [0.15, 0.2) is 5.89 Å². The van der Waals surface area contributed by atoms with Crippen molar-refractivity contribution in [1.29, 1.82) is 0 Å². The van der Waals surface area contributed by atoms with Crippen LogP contribution in [0.15, 0.2) is 29.3 Å². The highest BCUT2D eigenvalue weighted by Gasteiger charge is 2.47. The average Bonchev–Trinajstić information content (AvgIpc) is 3.46. The molecule has 2 fully saturated rings. The summed E-state index contributed by atoms with van der Waals surface area (Å²) in [5.74, 6) is 1.54. The molecule has 0 unspecified atom stereocenters. The Bertz CT molecular complexity index is 823. The van der Waals surface area contributed by atoms with Crippen molar-refractivity contribution in [3.05, 3.63) is 36.6 Å². The lowest BCUT2D eigenvalue weighted by Crippen LogP contribution is -2.43. The highest BCUT2D eigenvalue weighted by molar-refractivity contribution is 5.90. The Balaban J connectivity index is 1.52. The van der Waals surface area contributed by atoms with Crippen molar-refractivity contribution < 1.29 is 14.0 Å². The molecule has 2 aliphatic heterocycles. The summed E-state index contributed by atoms with van der Waals surface area (Å²) in [6.45, 7) is 6.67. The minimum atomic E-state index is -0.376. The Hall–Kier alpha value is -2.64. The molecular formula is C20H27N5O3. The van der Waals surface area contributed by atoms with Crippen LogP contribution in [0.5, 0.6) is 0 Å². The summed E-state index contributed by atoms with van der Waals surface area (Å²) >= 11 is 0. The van der Waals surface area contributed by atoms with Gasteiger partial charge in [0.2, 0.25) is 11.8 Å². The summed E-state index contributed by atoms with van der Waals surface area (Å²) in [7, 11) is 0. The zero-order valence-corrected chi connectivity index (χ0v) is 16.5. The van der Waals surface area contributed by atoms with Gasteiger partial charge < -0.3 is 18.8 Å². The highest BCUT2D eigenvalue weighted by Crippen LogP contribution is 2.39. The molecule has 0 spiro atoms. The van der Waals surface area contributed by atoms with E-state index in [1.54, 1.807) is 23.6 Å². The van der Waals surface area contributed by atoms with Crippen molar-refractivity contribution in [2.45, 2.75) is 51.6 Å². The third-order valence-corrected chi connectivity index (χ3v) is 6.05. The van der Waals surface area contributed by atoms with Gasteiger partial charge >= 0.3 is 0 Å². The second-order valence-corrected chi connectivity index (χ2v) is 7.48. The Morgan fingerprint density at radius 3 is 2.61 bits per heavy atom. The molecule has 4 rings (SSSR count). The quantitative estimate of drug-likeness (QED) is 0.788. The van der Waals surface area contributed by atoms with E-state index in [0.29, 0.717) is 19.6 Å². The van der Waals surface area contributed by atoms with Gasteiger partial charge in [-0.25, -0.2) is 9.97 Å². The van der Waals surface area contributed by atoms with Gasteiger partial charge in [0, 0.05) is 50.9 Å². The number of amides is 2. The van der Waals surface area contributed by atoms with E-state index in [4.69, 9.17) is 4.42 Å². The van der Waals surface area contributed by atoms with E-state index in [1.165, 1.54) is 0 Å². The molecule has 8 heteroatoms. The van der Waals surface area contributed by atoms with E-state index in [-0.39, 0.29) is 36.1 Å². The Morgan fingerprint density at radius 1 is 1.18 bits per heavy atom. The standard InChI is InChI=1S/C20H27N5O3/c1-3-23-11-7-21-18(23)17-15(13-16(26)25(17)4-2)20(27)24-9-5-14(6-10-24)19-22-8-12-28-19/h7-8,11-12,14-15,17H,3-6,9-10,13H2,1-2H3/t15-,17-/m0/s1. The van der Waals surface area contributed by atoms with Gasteiger partial charge in [0.05, 0.1) is 12.1 Å². The van der Waals surface area contributed by atoms with Gasteiger partial charge in [-0.2, -0.15) is 0 Å². The number of aryl methyl sites for hydroxylation is 1. The first-order chi connectivity index (χ1) is 13.6. The normalized spacial score (nSPS) is 23.6. The summed E-state index contributed by atoms with van der Waals surface area (Å²) in [6.07, 6.45) is 8.84. The fraction of sp³-hybridized carbons (Fsp3) is 0.600. The van der Waals surface area contributed by atoms with Gasteiger partial charge in [0.1, 0.15) is 18.1 Å². The number of carbonyl (C=O) groups excluding carboxylic acids is 2. The highest BCUT2D eigenvalue weighted by atomic mass is 16.3. The van der Waals surface area contributed by atoms with Crippen molar-refractivity contribution in [3.8, 4) is 0 Å². The molecule has 2 atom stereocenters. The number of likely N-dealkylation sites (tertiary alicyclic amines) is 2. The fourth-order valence-corrected chi connectivity index (χ4v) is 4.58. The molecule has 4 heterocycles. The van der Waals surface area contributed by atoms with Crippen LogP contribution in [0.2, 0.25) is 0 Å². The maximum absolute atomic E-state index is 13.4. The van der Waals surface area contributed by atoms with Crippen LogP contribution in [0.25, 0.3) is 0 Å². The molecule has 0 saturated carbocycles. The molecule has 2 aromatic heterocycles. The van der Waals surface area contributed by atoms with E-state index in [9.17, 15) is 9.59 Å². The van der Waals surface area contributed by atoms with Crippen LogP contribution in [-0.4, -0.2) is 55.8 Å². The maximum Gasteiger partial charge on any atom is 0.228 e. The number of nitrogens with zero attached hydrogens (tertiary/aromatic N) is 5. The smallest absolute Gasteiger partial charge is 0.228 e. The first-order valence-corrected chi connectivity index (χ1v) is 10.1. The van der Waals surface area contributed by atoms with Gasteiger partial charge in [-0.15, -0.1) is 0 Å². The molecule has 8 nitrogen and oxygen atoms in total. The lowest BCUT2D eigenvalue weighted by molar-refractivity contribution is -0.137. The van der Waals surface area contributed by atoms with Crippen molar-refractivity contribution in [3.63, 3.8) is 0 Å². The molecule has 0 bridgehead atoms. The van der Waals surface area contributed by atoms with Crippen LogP contribution in [0.3, 0.4) is 0 Å². The average molecular weight is 385 g/mol. The van der Waals surface area contributed by atoms with Crippen LogP contribution in [0, 0.1) is 5.92 Å². The van der Waals surface area contributed by atoms with Crippen LogP contribution in [-0.2, 0) is 16.1 Å². The van der Waals surface area contributed by atoms with E-state index in [0.717, 1.165) is 31.1 Å². The van der Waals surface area contributed by atoms with E-state index in [2.05, 4.69) is 9.97 Å². The van der Waals surface area contributed by atoms with Crippen molar-refractivity contribution in [2.24, 2.45) is 5.92 Å². The van der Waals surface area contributed by atoms with Crippen LogP contribution >= 0.6 is 0 Å². The Labute approximate surface area is 164 Å². The fourth-order valence-electron chi connectivity index (χ4n) is 4.58. The van der Waals surface area contributed by atoms with Gasteiger partial charge in [-0.05, 0) is 26.7 Å². The number of hydrogen-bond donors (Lipinski definition) is 0. The number of carbonyl (C=O) groups is 2. The van der Waals surface area contributed by atoms with Crippen LogP contribution in [0.1, 0.15) is 56.8 Å². The molecule has 28 heavy (non-hydrogen) atoms. The topological polar surface area (TPSA) is 84.5 Å². The molecule has 150 valence electrons. The molecule has 0 aliphatic carbocycles. The predicted octanol–water partition coefficient (Wildman–Crippen LogP) is 2.21. The first kappa shape index (κ1) is 18.7. The van der Waals surface area contributed by atoms with Crippen LogP contribution in [0.4, 0.5) is 0 Å². The molecule has 2 amide bonds. The molecule has 2 saturated heterocycles.